The molecule has 0 rings (SSSR count). The number of aliphatic carboxylic acids is 1. The van der Waals surface area contributed by atoms with Gasteiger partial charge in [0.15, 0.2) is 0 Å². The Kier molecular flexibility index (Phi) is 3.14. The van der Waals surface area contributed by atoms with Crippen LogP contribution in [0.3, 0.4) is 0 Å². The van der Waals surface area contributed by atoms with Crippen molar-refractivity contribution in [2.75, 3.05) is 0 Å². The zero-order valence-corrected chi connectivity index (χ0v) is 5.09. The normalized spacial score (nSPS) is 10.4. The van der Waals surface area contributed by atoms with E-state index in [-0.39, 0.29) is 5.57 Å². The number of hydrogen-bond donors (Lipinski definition) is 1. The number of allylic oxidation sites excluding steroid dienone is 1. The van der Waals surface area contributed by atoms with E-state index in [0.29, 0.717) is 6.42 Å². The Morgan fingerprint density at radius 3 is 2.56 bits per heavy atom. The van der Waals surface area contributed by atoms with Crippen LogP contribution in [-0.4, -0.2) is 11.1 Å². The molecule has 0 aromatic heterocycles. The Labute approximate surface area is 53.2 Å². The topological polar surface area (TPSA) is 61.1 Å². The fourth-order valence-electron chi connectivity index (χ4n) is 0.393. The first-order valence-corrected chi connectivity index (χ1v) is 2.54. The molecule has 9 heavy (non-hydrogen) atoms. The summed E-state index contributed by atoms with van der Waals surface area (Å²) in [6.45, 7) is 1.69. The first-order valence-electron chi connectivity index (χ1n) is 2.54. The Morgan fingerprint density at radius 1 is 1.89 bits per heavy atom. The van der Waals surface area contributed by atoms with Crippen LogP contribution in [0.1, 0.15) is 13.3 Å². The van der Waals surface area contributed by atoms with E-state index < -0.39 is 5.97 Å². The second-order valence-electron chi connectivity index (χ2n) is 1.46. The Balaban J connectivity index is 4.20. The van der Waals surface area contributed by atoms with Crippen molar-refractivity contribution < 1.29 is 9.90 Å². The van der Waals surface area contributed by atoms with Gasteiger partial charge in [-0.25, -0.2) is 4.79 Å². The lowest BCUT2D eigenvalue weighted by molar-refractivity contribution is -0.132. The van der Waals surface area contributed by atoms with Crippen molar-refractivity contribution in [1.29, 1.82) is 5.26 Å². The van der Waals surface area contributed by atoms with Crippen molar-refractivity contribution in [1.82, 2.24) is 0 Å². The van der Waals surface area contributed by atoms with E-state index in [9.17, 15) is 4.79 Å². The minimum Gasteiger partial charge on any atom is -0.478 e. The quantitative estimate of drug-likeness (QED) is 0.441. The number of rotatable bonds is 2. The average molecular weight is 125 g/mol. The molecule has 0 atom stereocenters. The molecule has 0 heterocycles. The number of nitrogens with zero attached hydrogens (tertiary/aromatic N) is 1. The molecule has 0 amide bonds. The Bertz CT molecular complexity index is 176. The first kappa shape index (κ1) is 7.70. The highest BCUT2D eigenvalue weighted by Gasteiger charge is 2.01. The van der Waals surface area contributed by atoms with Crippen LogP contribution in [-0.2, 0) is 4.79 Å². The van der Waals surface area contributed by atoms with E-state index in [1.807, 2.05) is 0 Å². The lowest BCUT2D eigenvalue weighted by atomic mass is 10.2. The predicted octanol–water partition coefficient (Wildman–Crippen LogP) is 0.931. The van der Waals surface area contributed by atoms with Gasteiger partial charge in [-0.3, -0.25) is 0 Å². The standard InChI is InChI=1S/C6H7NO2/c1-2-5(3-4-7)6(8)9/h3H,2H2,1H3,(H,8,9)/b5-3+. The van der Waals surface area contributed by atoms with E-state index in [1.54, 1.807) is 13.0 Å². The first-order chi connectivity index (χ1) is 4.22. The third-order valence-electron chi connectivity index (χ3n) is 0.894. The lowest BCUT2D eigenvalue weighted by Gasteiger charge is -1.89. The molecule has 0 aliphatic carbocycles. The maximum Gasteiger partial charge on any atom is 0.332 e. The lowest BCUT2D eigenvalue weighted by Crippen LogP contribution is -1.97. The van der Waals surface area contributed by atoms with Gasteiger partial charge >= 0.3 is 5.97 Å². The summed E-state index contributed by atoms with van der Waals surface area (Å²) in [5.74, 6) is -1.01. The van der Waals surface area contributed by atoms with E-state index in [1.165, 1.54) is 0 Å². The molecule has 0 fully saturated rings. The maximum atomic E-state index is 10.1. The van der Waals surface area contributed by atoms with Crippen LogP contribution < -0.4 is 0 Å². The number of hydrogen-bond acceptors (Lipinski definition) is 2. The molecule has 0 aromatic carbocycles. The van der Waals surface area contributed by atoms with E-state index >= 15 is 0 Å². The largest absolute Gasteiger partial charge is 0.478 e. The van der Waals surface area contributed by atoms with Crippen molar-refractivity contribution >= 4 is 5.97 Å². The molecule has 0 radical (unpaired) electrons. The number of carbonyl (C=O) groups is 1. The molecule has 0 spiro atoms. The fourth-order valence-corrected chi connectivity index (χ4v) is 0.393. The van der Waals surface area contributed by atoms with Gasteiger partial charge in [0.1, 0.15) is 0 Å². The van der Waals surface area contributed by atoms with Crippen molar-refractivity contribution in [3.8, 4) is 6.07 Å². The van der Waals surface area contributed by atoms with Gasteiger partial charge in [0.05, 0.1) is 6.07 Å². The van der Waals surface area contributed by atoms with Gasteiger partial charge in [0.2, 0.25) is 0 Å². The molecule has 1 N–H and O–H groups in total. The van der Waals surface area contributed by atoms with Crippen LogP contribution in [0, 0.1) is 11.3 Å². The van der Waals surface area contributed by atoms with Gasteiger partial charge in [0, 0.05) is 11.6 Å². The molecule has 48 valence electrons. The molecule has 0 saturated heterocycles. The predicted molar refractivity (Wildman–Crippen MR) is 31.6 cm³/mol. The summed E-state index contributed by atoms with van der Waals surface area (Å²) in [5.41, 5.74) is 0.150. The highest BCUT2D eigenvalue weighted by molar-refractivity contribution is 5.86. The van der Waals surface area contributed by atoms with Gasteiger partial charge in [0.25, 0.3) is 0 Å². The SMILES string of the molecule is CC/C(=C\C#N)C(=O)O. The van der Waals surface area contributed by atoms with Gasteiger partial charge in [-0.1, -0.05) is 6.92 Å². The molecule has 3 heteroatoms. The van der Waals surface area contributed by atoms with Crippen molar-refractivity contribution in [3.05, 3.63) is 11.6 Å². The maximum absolute atomic E-state index is 10.1. The minimum atomic E-state index is -1.01. The van der Waals surface area contributed by atoms with Crippen LogP contribution in [0.4, 0.5) is 0 Å². The molecule has 0 unspecified atom stereocenters. The summed E-state index contributed by atoms with van der Waals surface area (Å²) in [6, 6.07) is 1.66. The number of nitriles is 1. The van der Waals surface area contributed by atoms with Crippen molar-refractivity contribution in [2.24, 2.45) is 0 Å². The monoisotopic (exact) mass is 125 g/mol. The Morgan fingerprint density at radius 2 is 2.44 bits per heavy atom. The summed E-state index contributed by atoms with van der Waals surface area (Å²) in [4.78, 5) is 10.1. The van der Waals surface area contributed by atoms with E-state index in [2.05, 4.69) is 0 Å². The fraction of sp³-hybridized carbons (Fsp3) is 0.333. The van der Waals surface area contributed by atoms with Crippen LogP contribution in [0.5, 0.6) is 0 Å². The molecule has 0 bridgehead atoms. The van der Waals surface area contributed by atoms with Crippen LogP contribution in [0.15, 0.2) is 11.6 Å². The summed E-state index contributed by atoms with van der Waals surface area (Å²) in [6.07, 6.45) is 1.44. The number of carboxylic acids is 1. The molecule has 0 aliphatic rings. The molecule has 0 aromatic rings. The Hall–Kier alpha value is -1.30. The van der Waals surface area contributed by atoms with Gasteiger partial charge < -0.3 is 5.11 Å². The highest BCUT2D eigenvalue weighted by Crippen LogP contribution is 1.97. The molecule has 0 aliphatic heterocycles. The summed E-state index contributed by atoms with van der Waals surface area (Å²) < 4.78 is 0. The number of carboxylic acid groups (broad SMARTS) is 1. The summed E-state index contributed by atoms with van der Waals surface area (Å²) in [7, 11) is 0. The molecular formula is C6H7NO2. The second-order valence-corrected chi connectivity index (χ2v) is 1.46. The minimum absolute atomic E-state index is 0.150. The summed E-state index contributed by atoms with van der Waals surface area (Å²) in [5, 5.41) is 16.3. The third kappa shape index (κ3) is 2.50. The van der Waals surface area contributed by atoms with Crippen LogP contribution in [0.25, 0.3) is 0 Å². The third-order valence-corrected chi connectivity index (χ3v) is 0.894. The van der Waals surface area contributed by atoms with E-state index in [4.69, 9.17) is 10.4 Å². The van der Waals surface area contributed by atoms with Crippen LogP contribution in [0.2, 0.25) is 0 Å². The van der Waals surface area contributed by atoms with Crippen LogP contribution >= 0.6 is 0 Å². The second kappa shape index (κ2) is 3.67. The zero-order valence-electron chi connectivity index (χ0n) is 5.09. The average Bonchev–Trinajstić information content (AvgIpc) is 1.82. The highest BCUT2D eigenvalue weighted by atomic mass is 16.4. The van der Waals surface area contributed by atoms with Gasteiger partial charge in [-0.2, -0.15) is 5.26 Å². The smallest absolute Gasteiger partial charge is 0.332 e. The van der Waals surface area contributed by atoms with Crippen molar-refractivity contribution in [2.45, 2.75) is 13.3 Å². The van der Waals surface area contributed by atoms with E-state index in [0.717, 1.165) is 6.08 Å². The van der Waals surface area contributed by atoms with Gasteiger partial charge in [-0.15, -0.1) is 0 Å². The van der Waals surface area contributed by atoms with Crippen molar-refractivity contribution in [3.63, 3.8) is 0 Å². The zero-order chi connectivity index (χ0) is 7.28. The van der Waals surface area contributed by atoms with Gasteiger partial charge in [-0.05, 0) is 6.42 Å². The molecular weight excluding hydrogens is 118 g/mol. The molecule has 0 saturated carbocycles. The summed E-state index contributed by atoms with van der Waals surface area (Å²) >= 11 is 0. The molecule has 3 nitrogen and oxygen atoms in total.